The molecule has 1 rings (SSSR count). The Morgan fingerprint density at radius 1 is 1.44 bits per heavy atom. The van der Waals surface area contributed by atoms with Crippen molar-refractivity contribution in [1.29, 1.82) is 0 Å². The van der Waals surface area contributed by atoms with Crippen molar-refractivity contribution in [2.24, 2.45) is 5.73 Å². The molecule has 6 heteroatoms. The summed E-state index contributed by atoms with van der Waals surface area (Å²) in [4.78, 5) is 22.4. The molecule has 98 valence electrons. The topological polar surface area (TPSA) is 81.4 Å². The van der Waals surface area contributed by atoms with Crippen LogP contribution in [0.15, 0.2) is 18.2 Å². The van der Waals surface area contributed by atoms with E-state index >= 15 is 0 Å². The molecule has 1 aromatic rings. The molecule has 0 fully saturated rings. The lowest BCUT2D eigenvalue weighted by atomic mass is 10.1. The lowest BCUT2D eigenvalue weighted by Crippen LogP contribution is -2.17. The molecule has 2 amide bonds. The van der Waals surface area contributed by atoms with Crippen molar-refractivity contribution >= 4 is 29.1 Å². The Labute approximate surface area is 110 Å². The minimum atomic E-state index is -0.618. The number of hydrogen-bond acceptors (Lipinski definition) is 3. The van der Waals surface area contributed by atoms with Gasteiger partial charge in [-0.25, -0.2) is 0 Å². The number of benzene rings is 1. The summed E-state index contributed by atoms with van der Waals surface area (Å²) in [5.41, 5.74) is 5.93. The van der Waals surface area contributed by atoms with Crippen molar-refractivity contribution in [3.05, 3.63) is 23.8 Å². The Balaban J connectivity index is 3.03. The molecule has 0 bridgehead atoms. The average Bonchev–Trinajstić information content (AvgIpc) is 2.30. The van der Waals surface area contributed by atoms with Gasteiger partial charge < -0.3 is 15.8 Å². The van der Waals surface area contributed by atoms with E-state index in [1.807, 2.05) is 13.8 Å². The van der Waals surface area contributed by atoms with Crippen molar-refractivity contribution in [3.63, 3.8) is 0 Å². The van der Waals surface area contributed by atoms with Crippen LogP contribution in [0.2, 0.25) is 0 Å². The number of rotatable bonds is 5. The van der Waals surface area contributed by atoms with Crippen molar-refractivity contribution in [2.75, 3.05) is 11.2 Å². The predicted molar refractivity (Wildman–Crippen MR) is 70.1 cm³/mol. The fourth-order valence-corrected chi connectivity index (χ4v) is 1.42. The number of alkyl halides is 1. The summed E-state index contributed by atoms with van der Waals surface area (Å²) in [5.74, 6) is -0.741. The molecule has 5 nitrogen and oxygen atoms in total. The minimum Gasteiger partial charge on any atom is -0.490 e. The summed E-state index contributed by atoms with van der Waals surface area (Å²) in [6.07, 6.45) is -0.0774. The zero-order valence-corrected chi connectivity index (χ0v) is 11.0. The second kappa shape index (κ2) is 6.26. The van der Waals surface area contributed by atoms with Crippen LogP contribution in [0, 0.1) is 0 Å². The van der Waals surface area contributed by atoms with Crippen LogP contribution in [0.1, 0.15) is 24.2 Å². The molecular weight excluding hydrogens is 256 g/mol. The van der Waals surface area contributed by atoms with E-state index in [9.17, 15) is 9.59 Å². The first-order chi connectivity index (χ1) is 8.43. The number of carbonyl (C=O) groups excluding carboxylic acids is 2. The van der Waals surface area contributed by atoms with E-state index in [0.29, 0.717) is 11.4 Å². The first kappa shape index (κ1) is 14.3. The van der Waals surface area contributed by atoms with Crippen molar-refractivity contribution < 1.29 is 14.3 Å². The fourth-order valence-electron chi connectivity index (χ4n) is 1.35. The Morgan fingerprint density at radius 2 is 2.11 bits per heavy atom. The van der Waals surface area contributed by atoms with E-state index in [1.54, 1.807) is 12.1 Å². The molecule has 0 atom stereocenters. The normalized spacial score (nSPS) is 10.2. The van der Waals surface area contributed by atoms with Crippen LogP contribution >= 0.6 is 11.6 Å². The zero-order chi connectivity index (χ0) is 13.7. The largest absolute Gasteiger partial charge is 0.490 e. The zero-order valence-electron chi connectivity index (χ0n) is 10.2. The highest BCUT2D eigenvalue weighted by molar-refractivity contribution is 6.29. The van der Waals surface area contributed by atoms with Gasteiger partial charge in [-0.15, -0.1) is 11.6 Å². The third-order valence-electron chi connectivity index (χ3n) is 2.01. The molecule has 0 aromatic heterocycles. The Bertz CT molecular complexity index is 461. The molecule has 3 N–H and O–H groups in total. The molecule has 0 radical (unpaired) electrons. The number of primary amides is 1. The molecule has 0 saturated carbocycles. The molecule has 0 unspecified atom stereocenters. The second-order valence-electron chi connectivity index (χ2n) is 3.92. The third-order valence-corrected chi connectivity index (χ3v) is 2.26. The number of nitrogens with one attached hydrogen (secondary N) is 1. The Kier molecular flexibility index (Phi) is 4.97. The lowest BCUT2D eigenvalue weighted by Gasteiger charge is -2.14. The Morgan fingerprint density at radius 3 is 2.61 bits per heavy atom. The Hall–Kier alpha value is -1.75. The summed E-state index contributed by atoms with van der Waals surface area (Å²) < 4.78 is 5.45. The van der Waals surface area contributed by atoms with Gasteiger partial charge in [-0.2, -0.15) is 0 Å². The summed E-state index contributed by atoms with van der Waals surface area (Å²) >= 11 is 5.38. The van der Waals surface area contributed by atoms with Gasteiger partial charge in [0.15, 0.2) is 0 Å². The van der Waals surface area contributed by atoms with Gasteiger partial charge in [0.25, 0.3) is 5.91 Å². The highest BCUT2D eigenvalue weighted by Gasteiger charge is 2.12. The standard InChI is InChI=1S/C12H15ClN2O3/c1-7(2)18-10-4-3-8(15-11(16)6-13)5-9(10)12(14)17/h3-5,7H,6H2,1-2H3,(H2,14,17)(H,15,16). The smallest absolute Gasteiger partial charge is 0.252 e. The maximum absolute atomic E-state index is 11.3. The van der Waals surface area contributed by atoms with E-state index in [-0.39, 0.29) is 23.5 Å². The maximum Gasteiger partial charge on any atom is 0.252 e. The van der Waals surface area contributed by atoms with Crippen LogP contribution in [0.25, 0.3) is 0 Å². The lowest BCUT2D eigenvalue weighted by molar-refractivity contribution is -0.113. The van der Waals surface area contributed by atoms with Gasteiger partial charge in [0.05, 0.1) is 11.7 Å². The molecule has 0 heterocycles. The molecule has 0 aliphatic carbocycles. The number of halogens is 1. The van der Waals surface area contributed by atoms with Crippen molar-refractivity contribution in [3.8, 4) is 5.75 Å². The van der Waals surface area contributed by atoms with Crippen LogP contribution in [0.5, 0.6) is 5.75 Å². The van der Waals surface area contributed by atoms with E-state index in [4.69, 9.17) is 22.1 Å². The van der Waals surface area contributed by atoms with Gasteiger partial charge in [-0.3, -0.25) is 9.59 Å². The molecule has 0 aliphatic rings. The summed E-state index contributed by atoms with van der Waals surface area (Å²) in [7, 11) is 0. The third kappa shape index (κ3) is 3.92. The number of carbonyl (C=O) groups is 2. The van der Waals surface area contributed by atoms with Crippen LogP contribution in [-0.2, 0) is 4.79 Å². The number of amides is 2. The van der Waals surface area contributed by atoms with Gasteiger partial charge in [-0.1, -0.05) is 0 Å². The van der Waals surface area contributed by atoms with E-state index in [1.165, 1.54) is 6.07 Å². The molecule has 0 aliphatic heterocycles. The van der Waals surface area contributed by atoms with Gasteiger partial charge in [0.1, 0.15) is 11.6 Å². The first-order valence-electron chi connectivity index (χ1n) is 5.40. The molecule has 0 saturated heterocycles. The first-order valence-corrected chi connectivity index (χ1v) is 5.93. The van der Waals surface area contributed by atoms with Crippen LogP contribution < -0.4 is 15.8 Å². The van der Waals surface area contributed by atoms with Crippen molar-refractivity contribution in [1.82, 2.24) is 0 Å². The van der Waals surface area contributed by atoms with Gasteiger partial charge in [0.2, 0.25) is 5.91 Å². The average molecular weight is 271 g/mol. The SMILES string of the molecule is CC(C)Oc1ccc(NC(=O)CCl)cc1C(N)=O. The van der Waals surface area contributed by atoms with Crippen LogP contribution in [0.3, 0.4) is 0 Å². The quantitative estimate of drug-likeness (QED) is 0.800. The number of hydrogen-bond donors (Lipinski definition) is 2. The maximum atomic E-state index is 11.3. The van der Waals surface area contributed by atoms with Crippen molar-refractivity contribution in [2.45, 2.75) is 20.0 Å². The predicted octanol–water partition coefficient (Wildman–Crippen LogP) is 1.75. The monoisotopic (exact) mass is 270 g/mol. The van der Waals surface area contributed by atoms with E-state index in [2.05, 4.69) is 5.32 Å². The molecule has 0 spiro atoms. The van der Waals surface area contributed by atoms with Crippen LogP contribution in [-0.4, -0.2) is 23.8 Å². The van der Waals surface area contributed by atoms with Gasteiger partial charge in [0, 0.05) is 5.69 Å². The summed E-state index contributed by atoms with van der Waals surface area (Å²) in [5, 5.41) is 2.53. The van der Waals surface area contributed by atoms with Gasteiger partial charge >= 0.3 is 0 Å². The number of anilines is 1. The highest BCUT2D eigenvalue weighted by Crippen LogP contribution is 2.23. The molecule has 18 heavy (non-hydrogen) atoms. The molecular formula is C12H15ClN2O3. The number of ether oxygens (including phenoxy) is 1. The fraction of sp³-hybridized carbons (Fsp3) is 0.333. The van der Waals surface area contributed by atoms with Crippen LogP contribution in [0.4, 0.5) is 5.69 Å². The summed E-state index contributed by atoms with van der Waals surface area (Å²) in [6.45, 7) is 3.68. The highest BCUT2D eigenvalue weighted by atomic mass is 35.5. The summed E-state index contributed by atoms with van der Waals surface area (Å²) in [6, 6.07) is 4.67. The van der Waals surface area contributed by atoms with E-state index < -0.39 is 5.91 Å². The van der Waals surface area contributed by atoms with Gasteiger partial charge in [-0.05, 0) is 32.0 Å². The number of nitrogens with two attached hydrogens (primary N) is 1. The second-order valence-corrected chi connectivity index (χ2v) is 4.19. The minimum absolute atomic E-state index is 0.0774. The van der Waals surface area contributed by atoms with E-state index in [0.717, 1.165) is 0 Å². The molecule has 1 aromatic carbocycles.